The predicted octanol–water partition coefficient (Wildman–Crippen LogP) is 1.28. The fourth-order valence-electron chi connectivity index (χ4n) is 1.96. The zero-order valence-corrected chi connectivity index (χ0v) is 12.0. The summed E-state index contributed by atoms with van der Waals surface area (Å²) in [5.74, 6) is 0. The first kappa shape index (κ1) is 16.4. The van der Waals surface area contributed by atoms with Crippen LogP contribution in [-0.4, -0.2) is 55.1 Å². The second-order valence-corrected chi connectivity index (χ2v) is 5.42. The Morgan fingerprint density at radius 1 is 1.29 bits per heavy atom. The molecule has 0 aromatic heterocycles. The molecule has 2 atom stereocenters. The van der Waals surface area contributed by atoms with Crippen molar-refractivity contribution in [3.63, 3.8) is 0 Å². The molecular weight excluding hydrogens is 212 g/mol. The molecule has 0 aromatic carbocycles. The number of nitrogens with two attached hydrogens (primary N) is 1. The minimum atomic E-state index is -0.719. The second-order valence-electron chi connectivity index (χ2n) is 5.42. The number of rotatable bonds is 8. The molecule has 0 aromatic rings. The van der Waals surface area contributed by atoms with E-state index in [1.165, 1.54) is 0 Å². The van der Waals surface area contributed by atoms with Crippen molar-refractivity contribution >= 4 is 0 Å². The Labute approximate surface area is 106 Å². The van der Waals surface area contributed by atoms with Crippen LogP contribution < -0.4 is 5.73 Å². The third-order valence-electron chi connectivity index (χ3n) is 2.94. The maximum Gasteiger partial charge on any atom is 0.102 e. The normalized spacial score (nSPS) is 16.9. The fourth-order valence-corrected chi connectivity index (χ4v) is 1.96. The van der Waals surface area contributed by atoms with E-state index in [0.29, 0.717) is 6.04 Å². The molecule has 0 saturated carbocycles. The van der Waals surface area contributed by atoms with Gasteiger partial charge in [-0.25, -0.2) is 0 Å². The van der Waals surface area contributed by atoms with Crippen molar-refractivity contribution in [1.82, 2.24) is 9.80 Å². The summed E-state index contributed by atoms with van der Waals surface area (Å²) < 4.78 is 0. The molecule has 100 valence electrons. The Hall–Kier alpha value is -0.630. The van der Waals surface area contributed by atoms with E-state index in [0.717, 1.165) is 32.5 Å². The first-order valence-electron chi connectivity index (χ1n) is 6.41. The monoisotopic (exact) mass is 240 g/mol. The summed E-state index contributed by atoms with van der Waals surface area (Å²) in [5, 5.41) is 8.97. The Morgan fingerprint density at radius 3 is 2.29 bits per heavy atom. The van der Waals surface area contributed by atoms with E-state index in [4.69, 9.17) is 11.0 Å². The van der Waals surface area contributed by atoms with Crippen molar-refractivity contribution in [2.45, 2.75) is 45.2 Å². The lowest BCUT2D eigenvalue weighted by atomic mass is 9.95. The van der Waals surface area contributed by atoms with Crippen molar-refractivity contribution in [2.75, 3.05) is 33.7 Å². The van der Waals surface area contributed by atoms with Gasteiger partial charge in [-0.05, 0) is 47.3 Å². The van der Waals surface area contributed by atoms with Crippen LogP contribution in [0.5, 0.6) is 0 Å². The predicted molar refractivity (Wildman–Crippen MR) is 72.7 cm³/mol. The van der Waals surface area contributed by atoms with Gasteiger partial charge in [0.1, 0.15) is 5.54 Å². The van der Waals surface area contributed by atoms with Gasteiger partial charge >= 0.3 is 0 Å². The number of hydrogen-bond donors (Lipinski definition) is 1. The highest BCUT2D eigenvalue weighted by Crippen LogP contribution is 2.13. The summed E-state index contributed by atoms with van der Waals surface area (Å²) in [6, 6.07) is 2.53. The van der Waals surface area contributed by atoms with Gasteiger partial charge in [-0.3, -0.25) is 4.90 Å². The lowest BCUT2D eigenvalue weighted by molar-refractivity contribution is 0.169. The lowest BCUT2D eigenvalue weighted by Crippen LogP contribution is -2.45. The number of nitriles is 1. The molecule has 4 heteroatoms. The Bertz CT molecular complexity index is 242. The Kier molecular flexibility index (Phi) is 7.37. The molecule has 0 spiro atoms. The van der Waals surface area contributed by atoms with Crippen LogP contribution in [0.15, 0.2) is 0 Å². The average molecular weight is 240 g/mol. The molecule has 0 bridgehead atoms. The number of hydrogen-bond acceptors (Lipinski definition) is 4. The summed E-state index contributed by atoms with van der Waals surface area (Å²) in [6.45, 7) is 9.28. The van der Waals surface area contributed by atoms with Crippen molar-refractivity contribution in [3.8, 4) is 6.07 Å². The summed E-state index contributed by atoms with van der Waals surface area (Å²) in [5.41, 5.74) is 5.19. The third-order valence-corrected chi connectivity index (χ3v) is 2.94. The van der Waals surface area contributed by atoms with Gasteiger partial charge in [0.2, 0.25) is 0 Å². The van der Waals surface area contributed by atoms with E-state index < -0.39 is 5.54 Å². The quantitative estimate of drug-likeness (QED) is 0.694. The molecule has 0 amide bonds. The standard InChI is InChI=1S/C13H28N4/c1-6-7-17(9-8-16(4)5)12(2)10-13(3,15)11-14/h12H,6-10,15H2,1-5H3. The van der Waals surface area contributed by atoms with Gasteiger partial charge in [-0.2, -0.15) is 5.26 Å². The highest BCUT2D eigenvalue weighted by molar-refractivity contribution is 5.02. The topological polar surface area (TPSA) is 56.3 Å². The van der Waals surface area contributed by atoms with E-state index in [2.05, 4.69) is 43.8 Å². The minimum absolute atomic E-state index is 0.351. The van der Waals surface area contributed by atoms with Gasteiger partial charge in [0, 0.05) is 19.1 Å². The molecule has 0 aliphatic carbocycles. The van der Waals surface area contributed by atoms with E-state index in [9.17, 15) is 0 Å². The molecular formula is C13H28N4. The van der Waals surface area contributed by atoms with Gasteiger partial charge in [0.25, 0.3) is 0 Å². The van der Waals surface area contributed by atoms with Crippen molar-refractivity contribution in [3.05, 3.63) is 0 Å². The van der Waals surface area contributed by atoms with Crippen LogP contribution in [0.1, 0.15) is 33.6 Å². The molecule has 0 heterocycles. The van der Waals surface area contributed by atoms with Crippen LogP contribution in [0.3, 0.4) is 0 Å². The minimum Gasteiger partial charge on any atom is -0.314 e. The molecule has 2 N–H and O–H groups in total. The maximum absolute atomic E-state index is 8.97. The van der Waals surface area contributed by atoms with E-state index in [1.54, 1.807) is 6.92 Å². The molecule has 0 fully saturated rings. The summed E-state index contributed by atoms with van der Waals surface area (Å²) in [4.78, 5) is 4.60. The largest absolute Gasteiger partial charge is 0.314 e. The highest BCUT2D eigenvalue weighted by Gasteiger charge is 2.24. The third kappa shape index (κ3) is 7.32. The Morgan fingerprint density at radius 2 is 1.88 bits per heavy atom. The molecule has 0 saturated heterocycles. The summed E-state index contributed by atoms with van der Waals surface area (Å²) >= 11 is 0. The van der Waals surface area contributed by atoms with Crippen LogP contribution in [0.4, 0.5) is 0 Å². The van der Waals surface area contributed by atoms with Crippen molar-refractivity contribution < 1.29 is 0 Å². The zero-order valence-electron chi connectivity index (χ0n) is 12.0. The van der Waals surface area contributed by atoms with Crippen molar-refractivity contribution in [1.29, 1.82) is 5.26 Å². The molecule has 2 unspecified atom stereocenters. The van der Waals surface area contributed by atoms with E-state index in [1.807, 2.05) is 0 Å². The first-order chi connectivity index (χ1) is 7.82. The van der Waals surface area contributed by atoms with Crippen LogP contribution in [0.2, 0.25) is 0 Å². The number of likely N-dealkylation sites (N-methyl/N-ethyl adjacent to an activating group) is 1. The van der Waals surface area contributed by atoms with Gasteiger partial charge in [-0.15, -0.1) is 0 Å². The molecule has 17 heavy (non-hydrogen) atoms. The lowest BCUT2D eigenvalue weighted by Gasteiger charge is -2.32. The highest BCUT2D eigenvalue weighted by atomic mass is 15.2. The Balaban J connectivity index is 4.33. The molecule has 0 aliphatic heterocycles. The fraction of sp³-hybridized carbons (Fsp3) is 0.923. The van der Waals surface area contributed by atoms with Gasteiger partial charge < -0.3 is 10.6 Å². The summed E-state index contributed by atoms with van der Waals surface area (Å²) in [7, 11) is 4.16. The van der Waals surface area contributed by atoms with Crippen LogP contribution in [0, 0.1) is 11.3 Å². The SMILES string of the molecule is CCCN(CCN(C)C)C(C)CC(C)(N)C#N. The van der Waals surface area contributed by atoms with Crippen LogP contribution >= 0.6 is 0 Å². The van der Waals surface area contributed by atoms with E-state index >= 15 is 0 Å². The van der Waals surface area contributed by atoms with Crippen LogP contribution in [0.25, 0.3) is 0 Å². The van der Waals surface area contributed by atoms with Gasteiger partial charge in [-0.1, -0.05) is 6.92 Å². The average Bonchev–Trinajstić information content (AvgIpc) is 2.23. The van der Waals surface area contributed by atoms with Crippen LogP contribution in [-0.2, 0) is 0 Å². The van der Waals surface area contributed by atoms with E-state index in [-0.39, 0.29) is 0 Å². The molecule has 0 rings (SSSR count). The zero-order chi connectivity index (χ0) is 13.5. The van der Waals surface area contributed by atoms with Gasteiger partial charge in [0.15, 0.2) is 0 Å². The second kappa shape index (κ2) is 7.65. The first-order valence-corrected chi connectivity index (χ1v) is 6.41. The molecule has 0 aliphatic rings. The smallest absolute Gasteiger partial charge is 0.102 e. The molecule has 4 nitrogen and oxygen atoms in total. The maximum atomic E-state index is 8.97. The number of nitrogens with zero attached hydrogens (tertiary/aromatic N) is 3. The molecule has 0 radical (unpaired) electrons. The summed E-state index contributed by atoms with van der Waals surface area (Å²) in [6.07, 6.45) is 1.85. The van der Waals surface area contributed by atoms with Crippen molar-refractivity contribution in [2.24, 2.45) is 5.73 Å². The van der Waals surface area contributed by atoms with Gasteiger partial charge in [0.05, 0.1) is 6.07 Å².